The molecule has 0 spiro atoms. The van der Waals surface area contributed by atoms with Crippen LogP contribution in [0.15, 0.2) is 42.6 Å². The molecule has 2 amide bonds. The zero-order chi connectivity index (χ0) is 23.3. The Morgan fingerprint density at radius 2 is 1.66 bits per heavy atom. The predicted octanol–water partition coefficient (Wildman–Crippen LogP) is 5.40. The number of aryl methyl sites for hydroxylation is 1. The van der Waals surface area contributed by atoms with Crippen molar-refractivity contribution in [2.75, 3.05) is 19.6 Å². The summed E-state index contributed by atoms with van der Waals surface area (Å²) in [5, 5.41) is 0. The van der Waals surface area contributed by atoms with Crippen LogP contribution in [0.4, 0.5) is 0 Å². The van der Waals surface area contributed by atoms with Gasteiger partial charge in [0.2, 0.25) is 11.8 Å². The first kappa shape index (κ1) is 25.7. The standard InChI is InChI=1S/C27H41N3O2/c1-5-8-15-26(31)29(16-7-3)22-27(32)30(17-9-6-2)21-25-14-11-18-28(25)20-24-13-10-12-23(4)19-24/h10-14,18-19H,5-9,15-17,20-22H2,1-4H3. The molecular weight excluding hydrogens is 398 g/mol. The van der Waals surface area contributed by atoms with Crippen LogP contribution in [0.3, 0.4) is 0 Å². The van der Waals surface area contributed by atoms with E-state index in [1.807, 2.05) is 11.0 Å². The minimum Gasteiger partial charge on any atom is -0.345 e. The molecule has 0 aliphatic rings. The Morgan fingerprint density at radius 3 is 2.34 bits per heavy atom. The summed E-state index contributed by atoms with van der Waals surface area (Å²) in [6.45, 7) is 11.3. The lowest BCUT2D eigenvalue weighted by molar-refractivity contribution is -0.141. The summed E-state index contributed by atoms with van der Waals surface area (Å²) < 4.78 is 2.22. The molecule has 1 aromatic heterocycles. The molecule has 5 heteroatoms. The summed E-state index contributed by atoms with van der Waals surface area (Å²) in [5.74, 6) is 0.139. The van der Waals surface area contributed by atoms with E-state index in [2.05, 4.69) is 68.8 Å². The molecule has 1 heterocycles. The number of carbonyl (C=O) groups excluding carboxylic acids is 2. The van der Waals surface area contributed by atoms with Crippen LogP contribution in [0.25, 0.3) is 0 Å². The maximum Gasteiger partial charge on any atom is 0.242 e. The van der Waals surface area contributed by atoms with Crippen LogP contribution in [0.1, 0.15) is 76.1 Å². The summed E-state index contributed by atoms with van der Waals surface area (Å²) in [6, 6.07) is 12.7. The topological polar surface area (TPSA) is 45.6 Å². The van der Waals surface area contributed by atoms with Crippen LogP contribution in [0, 0.1) is 6.92 Å². The number of amides is 2. The molecule has 5 nitrogen and oxygen atoms in total. The molecule has 0 saturated carbocycles. The molecule has 0 aliphatic heterocycles. The number of aromatic nitrogens is 1. The maximum absolute atomic E-state index is 13.3. The quantitative estimate of drug-likeness (QED) is 0.395. The van der Waals surface area contributed by atoms with Crippen molar-refractivity contribution in [2.45, 2.75) is 79.3 Å². The largest absolute Gasteiger partial charge is 0.345 e. The van der Waals surface area contributed by atoms with Gasteiger partial charge in [-0.2, -0.15) is 0 Å². The fourth-order valence-corrected chi connectivity index (χ4v) is 3.90. The summed E-state index contributed by atoms with van der Waals surface area (Å²) >= 11 is 0. The molecule has 0 unspecified atom stereocenters. The van der Waals surface area contributed by atoms with Crippen LogP contribution < -0.4 is 0 Å². The Labute approximate surface area is 194 Å². The zero-order valence-corrected chi connectivity index (χ0v) is 20.5. The van der Waals surface area contributed by atoms with E-state index in [0.29, 0.717) is 26.1 Å². The van der Waals surface area contributed by atoms with E-state index in [9.17, 15) is 9.59 Å². The average molecular weight is 440 g/mol. The van der Waals surface area contributed by atoms with E-state index in [1.165, 1.54) is 11.1 Å². The van der Waals surface area contributed by atoms with Crippen molar-refractivity contribution in [3.63, 3.8) is 0 Å². The highest BCUT2D eigenvalue weighted by Gasteiger charge is 2.21. The van der Waals surface area contributed by atoms with Crippen molar-refractivity contribution in [1.29, 1.82) is 0 Å². The van der Waals surface area contributed by atoms with Crippen LogP contribution >= 0.6 is 0 Å². The molecule has 0 bridgehead atoms. The lowest BCUT2D eigenvalue weighted by atomic mass is 10.1. The van der Waals surface area contributed by atoms with Crippen LogP contribution in [0.2, 0.25) is 0 Å². The summed E-state index contributed by atoms with van der Waals surface area (Å²) in [5.41, 5.74) is 3.62. The van der Waals surface area contributed by atoms with Crippen molar-refractivity contribution in [3.8, 4) is 0 Å². The minimum atomic E-state index is 0.0417. The molecule has 1 aromatic carbocycles. The first-order valence-electron chi connectivity index (χ1n) is 12.2. The Kier molecular flexibility index (Phi) is 11.1. The maximum atomic E-state index is 13.3. The second kappa shape index (κ2) is 13.8. The highest BCUT2D eigenvalue weighted by molar-refractivity contribution is 5.84. The van der Waals surface area contributed by atoms with Crippen molar-refractivity contribution in [1.82, 2.24) is 14.4 Å². The Hall–Kier alpha value is -2.56. The average Bonchev–Trinajstić information content (AvgIpc) is 3.20. The monoisotopic (exact) mass is 439 g/mol. The second-order valence-electron chi connectivity index (χ2n) is 8.70. The van der Waals surface area contributed by atoms with Crippen molar-refractivity contribution < 1.29 is 9.59 Å². The number of benzene rings is 1. The van der Waals surface area contributed by atoms with Gasteiger partial charge in [-0.3, -0.25) is 9.59 Å². The number of carbonyl (C=O) groups is 2. The number of hydrogen-bond acceptors (Lipinski definition) is 2. The van der Waals surface area contributed by atoms with E-state index in [0.717, 1.165) is 44.3 Å². The van der Waals surface area contributed by atoms with Crippen molar-refractivity contribution in [2.24, 2.45) is 0 Å². The smallest absolute Gasteiger partial charge is 0.242 e. The number of rotatable bonds is 14. The van der Waals surface area contributed by atoms with Gasteiger partial charge in [0.25, 0.3) is 0 Å². The van der Waals surface area contributed by atoms with Gasteiger partial charge in [-0.15, -0.1) is 0 Å². The molecule has 0 radical (unpaired) electrons. The van der Waals surface area contributed by atoms with Crippen LogP contribution in [0.5, 0.6) is 0 Å². The molecule has 0 aliphatic carbocycles. The van der Waals surface area contributed by atoms with E-state index in [1.54, 1.807) is 4.90 Å². The highest BCUT2D eigenvalue weighted by Crippen LogP contribution is 2.13. The fraction of sp³-hybridized carbons (Fsp3) is 0.556. The molecule has 32 heavy (non-hydrogen) atoms. The SMILES string of the molecule is CCCCC(=O)N(CCC)CC(=O)N(CCCC)Cc1cccn1Cc1cccc(C)c1. The van der Waals surface area contributed by atoms with Gasteiger partial charge in [-0.05, 0) is 43.9 Å². The molecule has 0 saturated heterocycles. The second-order valence-corrected chi connectivity index (χ2v) is 8.70. The highest BCUT2D eigenvalue weighted by atomic mass is 16.2. The van der Waals surface area contributed by atoms with E-state index >= 15 is 0 Å². The molecule has 2 aromatic rings. The van der Waals surface area contributed by atoms with Gasteiger partial charge >= 0.3 is 0 Å². The normalized spacial score (nSPS) is 10.9. The molecule has 0 N–H and O–H groups in total. The fourth-order valence-electron chi connectivity index (χ4n) is 3.90. The van der Waals surface area contributed by atoms with Crippen LogP contribution in [-0.2, 0) is 22.7 Å². The molecule has 176 valence electrons. The van der Waals surface area contributed by atoms with Crippen molar-refractivity contribution >= 4 is 11.8 Å². The number of hydrogen-bond donors (Lipinski definition) is 0. The summed E-state index contributed by atoms with van der Waals surface area (Å²) in [4.78, 5) is 29.6. The van der Waals surface area contributed by atoms with Gasteiger partial charge in [-0.1, -0.05) is 63.4 Å². The number of unbranched alkanes of at least 4 members (excludes halogenated alkanes) is 2. The third-order valence-electron chi connectivity index (χ3n) is 5.76. The van der Waals surface area contributed by atoms with E-state index in [4.69, 9.17) is 0 Å². The Morgan fingerprint density at radius 1 is 0.875 bits per heavy atom. The molecular formula is C27H41N3O2. The van der Waals surface area contributed by atoms with Gasteiger partial charge < -0.3 is 14.4 Å². The summed E-state index contributed by atoms with van der Waals surface area (Å²) in [7, 11) is 0. The summed E-state index contributed by atoms with van der Waals surface area (Å²) in [6.07, 6.45) is 7.32. The van der Waals surface area contributed by atoms with Gasteiger partial charge in [0.05, 0.1) is 13.1 Å². The lowest BCUT2D eigenvalue weighted by Crippen LogP contribution is -2.43. The molecule has 0 fully saturated rings. The Balaban J connectivity index is 2.11. The third-order valence-corrected chi connectivity index (χ3v) is 5.76. The predicted molar refractivity (Wildman–Crippen MR) is 131 cm³/mol. The third kappa shape index (κ3) is 8.18. The molecule has 2 rings (SSSR count). The molecule has 0 atom stereocenters. The minimum absolute atomic E-state index is 0.0417. The van der Waals surface area contributed by atoms with E-state index in [-0.39, 0.29) is 18.4 Å². The van der Waals surface area contributed by atoms with Gasteiger partial charge in [0.1, 0.15) is 0 Å². The first-order valence-corrected chi connectivity index (χ1v) is 12.2. The number of nitrogens with zero attached hydrogens (tertiary/aromatic N) is 3. The lowest BCUT2D eigenvalue weighted by Gasteiger charge is -2.28. The van der Waals surface area contributed by atoms with Gasteiger partial charge in [-0.25, -0.2) is 0 Å². The van der Waals surface area contributed by atoms with Crippen molar-refractivity contribution in [3.05, 3.63) is 59.4 Å². The zero-order valence-electron chi connectivity index (χ0n) is 20.5. The van der Waals surface area contributed by atoms with Gasteiger partial charge in [0.15, 0.2) is 0 Å². The van der Waals surface area contributed by atoms with Gasteiger partial charge in [0, 0.05) is 37.9 Å². The first-order chi connectivity index (χ1) is 15.5. The van der Waals surface area contributed by atoms with E-state index < -0.39 is 0 Å². The Bertz CT molecular complexity index is 843. The van der Waals surface area contributed by atoms with Crippen LogP contribution in [-0.4, -0.2) is 45.8 Å².